The van der Waals surface area contributed by atoms with E-state index in [1.807, 2.05) is 0 Å². The van der Waals surface area contributed by atoms with Crippen LogP contribution in [0.3, 0.4) is 0 Å². The van der Waals surface area contributed by atoms with E-state index in [0.29, 0.717) is 16.1 Å². The molecule has 1 aromatic heterocycles. The van der Waals surface area contributed by atoms with Crippen molar-refractivity contribution in [3.63, 3.8) is 0 Å². The fraction of sp³-hybridized carbons (Fsp3) is 0.412. The molecule has 1 fully saturated rings. The molecule has 1 aliphatic heterocycles. The van der Waals surface area contributed by atoms with Crippen LogP contribution in [0.1, 0.15) is 28.1 Å². The SMILES string of the molecule is COC(=O)c1sc(NC2CCN(Cc3ccc(Br)cc3)CC2)nc1Cl. The number of nitrogens with zero attached hydrogens (tertiary/aromatic N) is 2. The lowest BCUT2D eigenvalue weighted by molar-refractivity contribution is 0.0606. The average Bonchev–Trinajstić information content (AvgIpc) is 2.98. The van der Waals surface area contributed by atoms with Gasteiger partial charge in [-0.2, -0.15) is 0 Å². The van der Waals surface area contributed by atoms with Crippen molar-refractivity contribution >= 4 is 50.0 Å². The third-order valence-corrected chi connectivity index (χ3v) is 6.07. The second-order valence-corrected chi connectivity index (χ2v) is 8.22. The molecule has 8 heteroatoms. The molecule has 0 aliphatic carbocycles. The van der Waals surface area contributed by atoms with Gasteiger partial charge >= 0.3 is 5.97 Å². The van der Waals surface area contributed by atoms with Crippen LogP contribution >= 0.6 is 38.9 Å². The fourth-order valence-corrected chi connectivity index (χ4v) is 4.28. The molecule has 3 rings (SSSR count). The minimum Gasteiger partial charge on any atom is -0.465 e. The van der Waals surface area contributed by atoms with Crippen LogP contribution in [0.25, 0.3) is 0 Å². The number of anilines is 1. The van der Waals surface area contributed by atoms with Gasteiger partial charge in [-0.05, 0) is 30.5 Å². The van der Waals surface area contributed by atoms with Gasteiger partial charge in [-0.1, -0.05) is 51.0 Å². The molecule has 1 aromatic carbocycles. The van der Waals surface area contributed by atoms with E-state index in [2.05, 4.69) is 55.4 Å². The minimum absolute atomic E-state index is 0.201. The number of halogens is 2. The van der Waals surface area contributed by atoms with E-state index in [1.165, 1.54) is 24.0 Å². The molecule has 2 heterocycles. The topological polar surface area (TPSA) is 54.5 Å². The monoisotopic (exact) mass is 443 g/mol. The summed E-state index contributed by atoms with van der Waals surface area (Å²) in [7, 11) is 1.34. The van der Waals surface area contributed by atoms with Gasteiger partial charge in [0.25, 0.3) is 0 Å². The molecule has 1 saturated heterocycles. The first-order chi connectivity index (χ1) is 12.0. The number of hydrogen-bond acceptors (Lipinski definition) is 6. The number of likely N-dealkylation sites (tertiary alicyclic amines) is 1. The molecule has 0 radical (unpaired) electrons. The maximum absolute atomic E-state index is 11.6. The quantitative estimate of drug-likeness (QED) is 0.692. The molecule has 2 aromatic rings. The Morgan fingerprint density at radius 3 is 2.72 bits per heavy atom. The van der Waals surface area contributed by atoms with Crippen LogP contribution in [0.4, 0.5) is 5.13 Å². The Balaban J connectivity index is 1.51. The summed E-state index contributed by atoms with van der Waals surface area (Å²) in [6, 6.07) is 8.80. The van der Waals surface area contributed by atoms with Crippen molar-refractivity contribution in [2.45, 2.75) is 25.4 Å². The van der Waals surface area contributed by atoms with Gasteiger partial charge in [0, 0.05) is 30.1 Å². The number of ether oxygens (including phenoxy) is 1. The predicted octanol–water partition coefficient (Wildman–Crippen LogP) is 4.42. The third-order valence-electron chi connectivity index (χ3n) is 4.19. The van der Waals surface area contributed by atoms with E-state index in [1.54, 1.807) is 0 Å². The van der Waals surface area contributed by atoms with E-state index in [4.69, 9.17) is 16.3 Å². The van der Waals surface area contributed by atoms with Gasteiger partial charge in [-0.15, -0.1) is 0 Å². The molecule has 0 atom stereocenters. The largest absolute Gasteiger partial charge is 0.465 e. The van der Waals surface area contributed by atoms with Gasteiger partial charge in [0.1, 0.15) is 0 Å². The molecule has 0 unspecified atom stereocenters. The van der Waals surface area contributed by atoms with Crippen LogP contribution in [0.2, 0.25) is 5.15 Å². The summed E-state index contributed by atoms with van der Waals surface area (Å²) < 4.78 is 5.81. The summed E-state index contributed by atoms with van der Waals surface area (Å²) in [6.07, 6.45) is 2.06. The van der Waals surface area contributed by atoms with Crippen molar-refractivity contribution in [1.29, 1.82) is 0 Å². The van der Waals surface area contributed by atoms with E-state index >= 15 is 0 Å². The van der Waals surface area contributed by atoms with Crippen LogP contribution in [0.5, 0.6) is 0 Å². The second kappa shape index (κ2) is 8.49. The highest BCUT2D eigenvalue weighted by Gasteiger charge is 2.22. The lowest BCUT2D eigenvalue weighted by atomic mass is 10.0. The van der Waals surface area contributed by atoms with Crippen LogP contribution in [-0.2, 0) is 11.3 Å². The number of rotatable bonds is 5. The highest BCUT2D eigenvalue weighted by atomic mass is 79.9. The molecule has 25 heavy (non-hydrogen) atoms. The Morgan fingerprint density at radius 1 is 1.40 bits per heavy atom. The predicted molar refractivity (Wildman–Crippen MR) is 105 cm³/mol. The zero-order valence-corrected chi connectivity index (χ0v) is 17.0. The van der Waals surface area contributed by atoms with Crippen molar-refractivity contribution in [1.82, 2.24) is 9.88 Å². The Kier molecular flexibility index (Phi) is 6.33. The van der Waals surface area contributed by atoms with Gasteiger partial charge in [0.05, 0.1) is 7.11 Å². The van der Waals surface area contributed by atoms with Crippen molar-refractivity contribution < 1.29 is 9.53 Å². The number of nitrogens with one attached hydrogen (secondary N) is 1. The Morgan fingerprint density at radius 2 is 2.08 bits per heavy atom. The summed E-state index contributed by atoms with van der Waals surface area (Å²) in [6.45, 7) is 3.02. The number of hydrogen-bond donors (Lipinski definition) is 1. The third kappa shape index (κ3) is 4.94. The molecule has 5 nitrogen and oxygen atoms in total. The maximum atomic E-state index is 11.6. The number of methoxy groups -OCH3 is 1. The fourth-order valence-electron chi connectivity index (χ4n) is 2.84. The van der Waals surface area contributed by atoms with Gasteiger partial charge in [-0.3, -0.25) is 4.90 Å². The Labute approximate surface area is 164 Å². The number of aromatic nitrogens is 1. The molecule has 0 bridgehead atoms. The Hall–Kier alpha value is -1.15. The van der Waals surface area contributed by atoms with Gasteiger partial charge in [0.2, 0.25) is 0 Å². The van der Waals surface area contributed by atoms with E-state index in [9.17, 15) is 4.79 Å². The van der Waals surface area contributed by atoms with E-state index in [0.717, 1.165) is 36.9 Å². The molecular formula is C17H19BrClN3O2S. The molecule has 0 saturated carbocycles. The first-order valence-corrected chi connectivity index (χ1v) is 10.0. The average molecular weight is 445 g/mol. The summed E-state index contributed by atoms with van der Waals surface area (Å²) in [5.74, 6) is -0.445. The molecule has 0 amide bonds. The number of piperidine rings is 1. The van der Waals surface area contributed by atoms with Crippen molar-refractivity contribution in [2.75, 3.05) is 25.5 Å². The van der Waals surface area contributed by atoms with Crippen molar-refractivity contribution in [3.8, 4) is 0 Å². The standard InChI is InChI=1S/C17H19BrClN3O2S/c1-24-16(23)14-15(19)21-17(25-14)20-13-6-8-22(9-7-13)10-11-2-4-12(18)5-3-11/h2-5,13H,6-10H2,1H3,(H,20,21). The van der Waals surface area contributed by atoms with Gasteiger partial charge in [0.15, 0.2) is 15.2 Å². The first kappa shape index (κ1) is 18.6. The highest BCUT2D eigenvalue weighted by Crippen LogP contribution is 2.29. The lowest BCUT2D eigenvalue weighted by Crippen LogP contribution is -2.38. The van der Waals surface area contributed by atoms with E-state index < -0.39 is 5.97 Å². The molecular weight excluding hydrogens is 426 g/mol. The summed E-state index contributed by atoms with van der Waals surface area (Å²) >= 11 is 10.7. The van der Waals surface area contributed by atoms with Crippen molar-refractivity contribution in [2.24, 2.45) is 0 Å². The lowest BCUT2D eigenvalue weighted by Gasteiger charge is -2.32. The van der Waals surface area contributed by atoms with Crippen LogP contribution in [-0.4, -0.2) is 42.1 Å². The Bertz CT molecular complexity index is 730. The normalized spacial score (nSPS) is 16.0. The van der Waals surface area contributed by atoms with Crippen LogP contribution in [0, 0.1) is 0 Å². The molecule has 1 aliphatic rings. The number of benzene rings is 1. The zero-order chi connectivity index (χ0) is 17.8. The number of thiazole rings is 1. The van der Waals surface area contributed by atoms with Gasteiger partial charge < -0.3 is 10.1 Å². The summed E-state index contributed by atoms with van der Waals surface area (Å²) in [5, 5.41) is 4.27. The van der Waals surface area contributed by atoms with Crippen molar-refractivity contribution in [3.05, 3.63) is 44.3 Å². The smallest absolute Gasteiger partial charge is 0.351 e. The maximum Gasteiger partial charge on any atom is 0.351 e. The van der Waals surface area contributed by atoms with Crippen LogP contribution < -0.4 is 5.32 Å². The molecule has 0 spiro atoms. The van der Waals surface area contributed by atoms with E-state index in [-0.39, 0.29) is 5.15 Å². The number of carbonyl (C=O) groups is 1. The first-order valence-electron chi connectivity index (χ1n) is 8.03. The minimum atomic E-state index is -0.445. The second-order valence-electron chi connectivity index (χ2n) is 5.95. The summed E-state index contributed by atoms with van der Waals surface area (Å²) in [4.78, 5) is 18.6. The highest BCUT2D eigenvalue weighted by molar-refractivity contribution is 9.10. The van der Waals surface area contributed by atoms with Crippen LogP contribution in [0.15, 0.2) is 28.7 Å². The summed E-state index contributed by atoms with van der Waals surface area (Å²) in [5.41, 5.74) is 1.32. The molecule has 134 valence electrons. The number of esters is 1. The zero-order valence-electron chi connectivity index (χ0n) is 13.8. The van der Waals surface area contributed by atoms with Gasteiger partial charge in [-0.25, -0.2) is 9.78 Å². The molecule has 1 N–H and O–H groups in total. The number of carbonyl (C=O) groups excluding carboxylic acids is 1.